The Morgan fingerprint density at radius 3 is 2.14 bits per heavy atom. The number of nitrogens with zero attached hydrogens (tertiary/aromatic N) is 4. The zero-order valence-corrected chi connectivity index (χ0v) is 25.4. The van der Waals surface area contributed by atoms with Crippen LogP contribution in [0.5, 0.6) is 17.2 Å². The quantitative estimate of drug-likeness (QED) is 0.135. The number of fused-ring (bicyclic) bond motifs is 3. The molecular formula is C27H33N5O9S2. The summed E-state index contributed by atoms with van der Waals surface area (Å²) in [7, 11) is -5.50. The van der Waals surface area contributed by atoms with Gasteiger partial charge in [-0.05, 0) is 30.0 Å². The first-order chi connectivity index (χ1) is 20.3. The van der Waals surface area contributed by atoms with Gasteiger partial charge in [0, 0.05) is 53.9 Å². The summed E-state index contributed by atoms with van der Waals surface area (Å²) in [4.78, 5) is 14.9. The number of anilines is 1. The molecule has 3 aromatic heterocycles. The molecule has 0 aliphatic rings. The number of rotatable bonds is 14. The van der Waals surface area contributed by atoms with Crippen molar-refractivity contribution in [1.82, 2.24) is 19.9 Å². The van der Waals surface area contributed by atoms with Crippen molar-refractivity contribution in [3.8, 4) is 28.5 Å². The van der Waals surface area contributed by atoms with E-state index < -0.39 is 37.8 Å². The second-order valence-corrected chi connectivity index (χ2v) is 12.9. The smallest absolute Gasteiger partial charge is 0.266 e. The van der Waals surface area contributed by atoms with Gasteiger partial charge < -0.3 is 19.9 Å². The van der Waals surface area contributed by atoms with Crippen LogP contribution in [0.2, 0.25) is 0 Å². The summed E-state index contributed by atoms with van der Waals surface area (Å²) < 4.78 is 80.6. The van der Waals surface area contributed by atoms with Crippen LogP contribution in [0.3, 0.4) is 0 Å². The second kappa shape index (κ2) is 13.2. The zero-order valence-electron chi connectivity index (χ0n) is 23.8. The van der Waals surface area contributed by atoms with Crippen LogP contribution in [0.15, 0.2) is 42.9 Å². The lowest BCUT2D eigenvalue weighted by molar-refractivity contribution is 0.142. The van der Waals surface area contributed by atoms with Crippen LogP contribution in [0, 0.1) is 0 Å². The number of hydrogen-bond acceptors (Lipinski definition) is 12. The average Bonchev–Trinajstić information content (AvgIpc) is 2.96. The number of nitrogens with two attached hydrogens (primary N) is 1. The van der Waals surface area contributed by atoms with Gasteiger partial charge in [-0.2, -0.15) is 16.8 Å². The number of pyridine rings is 3. The van der Waals surface area contributed by atoms with Gasteiger partial charge in [-0.25, -0.2) is 4.98 Å². The zero-order chi connectivity index (χ0) is 31.4. The molecule has 1 unspecified atom stereocenters. The lowest BCUT2D eigenvalue weighted by atomic mass is 10.0. The summed E-state index contributed by atoms with van der Waals surface area (Å²) in [5.74, 6) is 0.506. The third-order valence-electron chi connectivity index (χ3n) is 6.92. The number of benzene rings is 1. The Labute approximate surface area is 249 Å². The predicted molar refractivity (Wildman–Crippen MR) is 162 cm³/mol. The van der Waals surface area contributed by atoms with Gasteiger partial charge in [-0.3, -0.25) is 24.0 Å². The van der Waals surface area contributed by atoms with Crippen LogP contribution in [-0.4, -0.2) is 97.3 Å². The van der Waals surface area contributed by atoms with Gasteiger partial charge >= 0.3 is 0 Å². The van der Waals surface area contributed by atoms with Crippen molar-refractivity contribution in [2.75, 3.05) is 51.2 Å². The van der Waals surface area contributed by atoms with Crippen molar-refractivity contribution in [3.05, 3.63) is 42.9 Å². The van der Waals surface area contributed by atoms with Gasteiger partial charge in [0.2, 0.25) is 0 Å². The van der Waals surface area contributed by atoms with Crippen LogP contribution >= 0.6 is 0 Å². The number of hydrogen-bond donors (Lipinski definition) is 3. The van der Waals surface area contributed by atoms with E-state index in [2.05, 4.69) is 15.0 Å². The summed E-state index contributed by atoms with van der Waals surface area (Å²) in [6.45, 7) is 1.55. The Balaban J connectivity index is 1.62. The second-order valence-electron chi connectivity index (χ2n) is 9.73. The molecule has 0 spiro atoms. The summed E-state index contributed by atoms with van der Waals surface area (Å²) in [5, 5.41) is 2.23. The third-order valence-corrected chi connectivity index (χ3v) is 8.32. The summed E-state index contributed by atoms with van der Waals surface area (Å²) in [5.41, 5.74) is 8.15. The Morgan fingerprint density at radius 2 is 1.53 bits per heavy atom. The molecule has 0 saturated carbocycles. The molecule has 1 atom stereocenters. The lowest BCUT2D eigenvalue weighted by Gasteiger charge is -2.30. The van der Waals surface area contributed by atoms with Crippen molar-refractivity contribution >= 4 is 47.7 Å². The van der Waals surface area contributed by atoms with Crippen LogP contribution in [-0.2, 0) is 20.2 Å². The van der Waals surface area contributed by atoms with E-state index in [4.69, 9.17) is 19.9 Å². The molecule has 43 heavy (non-hydrogen) atoms. The van der Waals surface area contributed by atoms with Crippen LogP contribution in [0.4, 0.5) is 5.82 Å². The summed E-state index contributed by atoms with van der Waals surface area (Å²) >= 11 is 0. The molecule has 0 aliphatic carbocycles. The minimum atomic E-state index is -4.30. The highest BCUT2D eigenvalue weighted by molar-refractivity contribution is 7.86. The maximum Gasteiger partial charge on any atom is 0.266 e. The molecular weight excluding hydrogens is 602 g/mol. The van der Waals surface area contributed by atoms with Gasteiger partial charge in [-0.1, -0.05) is 6.92 Å². The number of methoxy groups -OCH3 is 2. The average molecular weight is 636 g/mol. The van der Waals surface area contributed by atoms with Crippen LogP contribution in [0.1, 0.15) is 13.3 Å². The maximum atomic E-state index is 11.3. The van der Waals surface area contributed by atoms with Gasteiger partial charge in [0.1, 0.15) is 18.2 Å². The molecule has 0 saturated heterocycles. The standard InChI is InChI=1S/C27H33N5O9S2/c1-4-18(32(5-7-42(33,34)35)6-8-43(36,37)38)16-41-19-9-17(13-29-14-19)23-10-20-21-11-25(39-2)26(40-3)12-24(21)30-15-22(20)27(28)31-23/h9-15,18H,4-8,16H2,1-3H3,(H2,28,31)(H,33,34,35)(H,36,37,38). The summed E-state index contributed by atoms with van der Waals surface area (Å²) in [6, 6.07) is 6.75. The Bertz CT molecular complexity index is 1800. The molecule has 0 fully saturated rings. The highest BCUT2D eigenvalue weighted by Gasteiger charge is 2.22. The molecule has 1 aromatic carbocycles. The van der Waals surface area contributed by atoms with Crippen molar-refractivity contribution < 1.29 is 40.2 Å². The molecule has 4 rings (SSSR count). The highest BCUT2D eigenvalue weighted by Crippen LogP contribution is 2.37. The van der Waals surface area contributed by atoms with Gasteiger partial charge in [0.15, 0.2) is 11.5 Å². The number of ether oxygens (including phenoxy) is 3. The van der Waals surface area contributed by atoms with Crippen LogP contribution < -0.4 is 19.9 Å². The Hall–Kier alpha value is -3.83. The first-order valence-electron chi connectivity index (χ1n) is 13.2. The molecule has 3 heterocycles. The molecule has 232 valence electrons. The molecule has 14 nitrogen and oxygen atoms in total. The van der Waals surface area contributed by atoms with E-state index >= 15 is 0 Å². The number of nitrogen functional groups attached to an aromatic ring is 1. The SMILES string of the molecule is CCC(COc1cncc(-c2cc3c(cnc4cc(OC)c(OC)cc43)c(N)n2)c1)N(CCS(=O)(=O)O)CCS(=O)(=O)O. The normalized spacial score (nSPS) is 13.0. The first kappa shape index (κ1) is 32.1. The minimum absolute atomic E-state index is 0.0454. The van der Waals surface area contributed by atoms with E-state index in [1.54, 1.807) is 38.7 Å². The van der Waals surface area contributed by atoms with E-state index in [0.717, 1.165) is 10.8 Å². The Kier molecular flexibility index (Phi) is 9.86. The molecule has 16 heteroatoms. The number of aromatic nitrogens is 3. The predicted octanol–water partition coefficient (Wildman–Crippen LogP) is 2.68. The van der Waals surface area contributed by atoms with Crippen molar-refractivity contribution in [2.45, 2.75) is 19.4 Å². The van der Waals surface area contributed by atoms with Crippen molar-refractivity contribution in [2.24, 2.45) is 0 Å². The molecule has 0 aliphatic heterocycles. The summed E-state index contributed by atoms with van der Waals surface area (Å²) in [6.07, 6.45) is 5.21. The largest absolute Gasteiger partial charge is 0.493 e. The lowest BCUT2D eigenvalue weighted by Crippen LogP contribution is -2.44. The van der Waals surface area contributed by atoms with Crippen molar-refractivity contribution in [1.29, 1.82) is 0 Å². The van der Waals surface area contributed by atoms with E-state index in [0.29, 0.717) is 45.8 Å². The minimum Gasteiger partial charge on any atom is -0.493 e. The van der Waals surface area contributed by atoms with Gasteiger partial charge in [0.25, 0.3) is 20.2 Å². The van der Waals surface area contributed by atoms with Crippen molar-refractivity contribution in [3.63, 3.8) is 0 Å². The maximum absolute atomic E-state index is 11.3. The van der Waals surface area contributed by atoms with E-state index in [1.165, 1.54) is 11.1 Å². The van der Waals surface area contributed by atoms with Gasteiger partial charge in [-0.15, -0.1) is 0 Å². The topological polar surface area (TPSA) is 204 Å². The monoisotopic (exact) mass is 635 g/mol. The van der Waals surface area contributed by atoms with E-state index in [1.807, 2.05) is 19.1 Å². The molecule has 0 amide bonds. The first-order valence-corrected chi connectivity index (χ1v) is 16.4. The highest BCUT2D eigenvalue weighted by atomic mass is 32.2. The Morgan fingerprint density at radius 1 is 0.884 bits per heavy atom. The molecule has 0 radical (unpaired) electrons. The van der Waals surface area contributed by atoms with Gasteiger partial charge in [0.05, 0.1) is 43.1 Å². The fourth-order valence-electron chi connectivity index (χ4n) is 4.66. The van der Waals surface area contributed by atoms with E-state index in [-0.39, 0.29) is 25.5 Å². The van der Waals surface area contributed by atoms with Crippen LogP contribution in [0.25, 0.3) is 32.9 Å². The van der Waals surface area contributed by atoms with E-state index in [9.17, 15) is 25.9 Å². The fourth-order valence-corrected chi connectivity index (χ4v) is 5.59. The third kappa shape index (κ3) is 8.17. The molecule has 4 aromatic rings. The fraction of sp³-hybridized carbons (Fsp3) is 0.370. The molecule has 4 N–H and O–H groups in total. The molecule has 0 bridgehead atoms.